The molecule has 11 heteroatoms. The van der Waals surface area contributed by atoms with E-state index in [9.17, 15) is 20.2 Å². The molecular weight excluding hydrogens is 439 g/mol. The van der Waals surface area contributed by atoms with Gasteiger partial charge in [0.15, 0.2) is 0 Å². The summed E-state index contributed by atoms with van der Waals surface area (Å²) in [7, 11) is -1.23. The maximum absolute atomic E-state index is 10.9. The fraction of sp³-hybridized carbons (Fsp3) is 0.391. The van der Waals surface area contributed by atoms with Crippen LogP contribution in [-0.4, -0.2) is 51.9 Å². The molecule has 1 aromatic heterocycles. The second kappa shape index (κ2) is 9.92. The number of ether oxygens (including phenoxy) is 1. The van der Waals surface area contributed by atoms with Crippen molar-refractivity contribution >= 4 is 35.1 Å². The molecule has 0 bridgehead atoms. The van der Waals surface area contributed by atoms with E-state index in [1.807, 2.05) is 18.2 Å². The minimum atomic E-state index is -1.23. The molecule has 0 saturated heterocycles. The van der Waals surface area contributed by atoms with Crippen LogP contribution in [0.3, 0.4) is 0 Å². The van der Waals surface area contributed by atoms with E-state index >= 15 is 0 Å². The molecule has 0 spiro atoms. The Morgan fingerprint density at radius 2 is 2.12 bits per heavy atom. The number of aromatic nitrogens is 2. The lowest BCUT2D eigenvalue weighted by Crippen LogP contribution is -2.28. The Kier molecular flexibility index (Phi) is 6.96. The van der Waals surface area contributed by atoms with Gasteiger partial charge in [-0.1, -0.05) is 32.0 Å². The van der Waals surface area contributed by atoms with Crippen molar-refractivity contribution in [3.05, 3.63) is 58.3 Å². The number of anilines is 2. The topological polar surface area (TPSA) is 140 Å². The molecule has 0 fully saturated rings. The quantitative estimate of drug-likeness (QED) is 0.234. The van der Waals surface area contributed by atoms with Crippen LogP contribution < -0.4 is 15.5 Å². The molecule has 0 saturated carbocycles. The highest BCUT2D eigenvalue weighted by atomic mass is 16.6. The van der Waals surface area contributed by atoms with E-state index < -0.39 is 24.7 Å². The van der Waals surface area contributed by atoms with E-state index in [1.54, 1.807) is 24.4 Å². The number of aliphatic hydroxyl groups excluding tert-OH is 1. The molecule has 1 unspecified atom stereocenters. The fourth-order valence-electron chi connectivity index (χ4n) is 3.94. The first-order valence-corrected chi connectivity index (χ1v) is 11.1. The van der Waals surface area contributed by atoms with E-state index in [0.29, 0.717) is 47.0 Å². The third-order valence-electron chi connectivity index (χ3n) is 5.96. The first kappa shape index (κ1) is 23.9. The summed E-state index contributed by atoms with van der Waals surface area (Å²) in [5.41, 5.74) is 2.32. The van der Waals surface area contributed by atoms with Crippen molar-refractivity contribution in [2.24, 2.45) is 5.41 Å². The van der Waals surface area contributed by atoms with Gasteiger partial charge >= 0.3 is 7.12 Å². The Bertz CT molecular complexity index is 1190. The van der Waals surface area contributed by atoms with Crippen LogP contribution >= 0.6 is 0 Å². The maximum Gasteiger partial charge on any atom is 0.492 e. The van der Waals surface area contributed by atoms with Gasteiger partial charge in [0, 0.05) is 28.8 Å². The summed E-state index contributed by atoms with van der Waals surface area (Å²) in [5, 5.41) is 34.2. The zero-order chi connectivity index (χ0) is 24.3. The van der Waals surface area contributed by atoms with Crippen molar-refractivity contribution in [2.45, 2.75) is 32.8 Å². The molecule has 1 aliphatic rings. The Hall–Kier alpha value is -3.28. The maximum atomic E-state index is 10.9. The van der Waals surface area contributed by atoms with Crippen molar-refractivity contribution in [2.75, 3.05) is 25.1 Å². The Balaban J connectivity index is 1.52. The van der Waals surface area contributed by atoms with Crippen molar-refractivity contribution in [1.82, 2.24) is 9.97 Å². The van der Waals surface area contributed by atoms with Gasteiger partial charge in [-0.05, 0) is 47.5 Å². The number of fused-ring (bicyclic) bond motifs is 2. The molecular formula is C23H27BN4O6. The Morgan fingerprint density at radius 1 is 1.29 bits per heavy atom. The summed E-state index contributed by atoms with van der Waals surface area (Å²) in [6, 6.07) is 10.8. The number of hydrogen-bond donors (Lipinski definition) is 3. The van der Waals surface area contributed by atoms with Crippen LogP contribution in [0.15, 0.2) is 42.6 Å². The molecule has 34 heavy (non-hydrogen) atoms. The van der Waals surface area contributed by atoms with Gasteiger partial charge in [-0.2, -0.15) is 0 Å². The van der Waals surface area contributed by atoms with E-state index in [4.69, 9.17) is 9.39 Å². The van der Waals surface area contributed by atoms with Crippen LogP contribution in [0, 0.1) is 15.5 Å². The largest absolute Gasteiger partial charge is 0.492 e. The molecule has 178 valence electrons. The van der Waals surface area contributed by atoms with Crippen LogP contribution in [0.1, 0.15) is 38.4 Å². The van der Waals surface area contributed by atoms with Gasteiger partial charge in [0.1, 0.15) is 17.4 Å². The number of para-hydroxylation sites is 1. The highest BCUT2D eigenvalue weighted by Crippen LogP contribution is 2.29. The molecule has 10 nitrogen and oxygen atoms in total. The average molecular weight is 466 g/mol. The minimum Gasteiger partial charge on any atom is -0.491 e. The van der Waals surface area contributed by atoms with Gasteiger partial charge < -0.3 is 24.8 Å². The predicted molar refractivity (Wildman–Crippen MR) is 128 cm³/mol. The highest BCUT2D eigenvalue weighted by Gasteiger charge is 2.37. The number of benzene rings is 2. The normalized spacial score (nSPS) is 15.4. The minimum absolute atomic E-state index is 0.0262. The molecule has 1 aliphatic heterocycles. The molecule has 0 aliphatic carbocycles. The van der Waals surface area contributed by atoms with Crippen LogP contribution in [0.2, 0.25) is 0 Å². The third kappa shape index (κ3) is 5.44. The zero-order valence-corrected chi connectivity index (χ0v) is 19.1. The van der Waals surface area contributed by atoms with Crippen molar-refractivity contribution in [1.29, 1.82) is 0 Å². The fourth-order valence-corrected chi connectivity index (χ4v) is 3.94. The zero-order valence-electron chi connectivity index (χ0n) is 19.1. The number of nitrogens with one attached hydrogen (secondary N) is 1. The summed E-state index contributed by atoms with van der Waals surface area (Å²) in [6.45, 7) is 4.42. The second-order valence-electron chi connectivity index (χ2n) is 9.08. The van der Waals surface area contributed by atoms with Crippen LogP contribution in [0.25, 0.3) is 10.9 Å². The summed E-state index contributed by atoms with van der Waals surface area (Å²) in [6.07, 6.45) is 2.41. The Labute approximate surface area is 197 Å². The van der Waals surface area contributed by atoms with E-state index in [0.717, 1.165) is 11.8 Å². The molecule has 1 atom stereocenters. The smallest absolute Gasteiger partial charge is 0.491 e. The lowest BCUT2D eigenvalue weighted by molar-refractivity contribution is -0.490. The van der Waals surface area contributed by atoms with Gasteiger partial charge in [0.2, 0.25) is 12.5 Å². The SMILES string of the molecule is CC(C)(CCO)CCOc1cccc2cnc(Nc3ccc4c(c3)B(O)OC4C[N+](=O)[O-])nc12. The lowest BCUT2D eigenvalue weighted by Gasteiger charge is -2.23. The summed E-state index contributed by atoms with van der Waals surface area (Å²) >= 11 is 0. The van der Waals surface area contributed by atoms with Crippen molar-refractivity contribution < 1.29 is 24.4 Å². The van der Waals surface area contributed by atoms with Gasteiger partial charge in [-0.25, -0.2) is 9.97 Å². The summed E-state index contributed by atoms with van der Waals surface area (Å²) in [5.74, 6) is 0.988. The lowest BCUT2D eigenvalue weighted by atomic mass is 9.79. The predicted octanol–water partition coefficient (Wildman–Crippen LogP) is 2.59. The number of hydrogen-bond acceptors (Lipinski definition) is 9. The van der Waals surface area contributed by atoms with E-state index in [2.05, 4.69) is 29.1 Å². The molecule has 0 radical (unpaired) electrons. The molecule has 0 amide bonds. The number of aliphatic hydroxyl groups is 1. The van der Waals surface area contributed by atoms with Crippen molar-refractivity contribution in [3.63, 3.8) is 0 Å². The number of nitrogens with zero attached hydrogens (tertiary/aromatic N) is 3. The van der Waals surface area contributed by atoms with Crippen molar-refractivity contribution in [3.8, 4) is 5.75 Å². The molecule has 2 aromatic carbocycles. The van der Waals surface area contributed by atoms with Gasteiger partial charge in [-0.3, -0.25) is 10.1 Å². The summed E-state index contributed by atoms with van der Waals surface area (Å²) in [4.78, 5) is 19.4. The van der Waals surface area contributed by atoms with Crippen LogP contribution in [-0.2, 0) is 4.65 Å². The standard InChI is InChI=1S/C23H27BN4O6/c1-23(2,8-10-29)9-11-33-19-5-3-4-15-13-25-22(27-21(15)19)26-16-6-7-17-18(12-16)24(30)34-20(17)14-28(31)32/h3-7,12-13,20,29-30H,8-11,14H2,1-2H3,(H,25,26,27). The van der Waals surface area contributed by atoms with Gasteiger partial charge in [0.25, 0.3) is 0 Å². The average Bonchev–Trinajstić information content (AvgIpc) is 3.08. The van der Waals surface area contributed by atoms with Crippen LogP contribution in [0.5, 0.6) is 5.75 Å². The number of rotatable bonds is 10. The monoisotopic (exact) mass is 466 g/mol. The van der Waals surface area contributed by atoms with Crippen LogP contribution in [0.4, 0.5) is 11.6 Å². The van der Waals surface area contributed by atoms with E-state index in [-0.39, 0.29) is 12.0 Å². The van der Waals surface area contributed by atoms with E-state index in [1.165, 1.54) is 0 Å². The highest BCUT2D eigenvalue weighted by molar-refractivity contribution is 6.61. The summed E-state index contributed by atoms with van der Waals surface area (Å²) < 4.78 is 11.3. The first-order valence-electron chi connectivity index (χ1n) is 11.1. The molecule has 3 aromatic rings. The first-order chi connectivity index (χ1) is 16.3. The van der Waals surface area contributed by atoms with Gasteiger partial charge in [-0.15, -0.1) is 0 Å². The number of nitro groups is 1. The van der Waals surface area contributed by atoms with Gasteiger partial charge in [0.05, 0.1) is 6.61 Å². The molecule has 2 heterocycles. The third-order valence-corrected chi connectivity index (χ3v) is 5.96. The molecule has 4 rings (SSSR count). The Morgan fingerprint density at radius 3 is 2.88 bits per heavy atom. The second-order valence-corrected chi connectivity index (χ2v) is 9.08. The molecule has 3 N–H and O–H groups in total.